The quantitative estimate of drug-likeness (QED) is 0.661. The number of hydrogen-bond acceptors (Lipinski definition) is 5. The number of aromatic hydroxyl groups is 1. The van der Waals surface area contributed by atoms with Crippen molar-refractivity contribution in [2.75, 3.05) is 6.79 Å². The summed E-state index contributed by atoms with van der Waals surface area (Å²) in [5, 5.41) is 9.57. The van der Waals surface area contributed by atoms with Crippen LogP contribution in [-0.4, -0.2) is 17.9 Å². The molecule has 0 radical (unpaired) electrons. The average Bonchev–Trinajstić information content (AvgIpc) is 2.86. The molecule has 0 aromatic heterocycles. The third kappa shape index (κ3) is 2.18. The highest BCUT2D eigenvalue weighted by molar-refractivity contribution is 5.93. The third-order valence-electron chi connectivity index (χ3n) is 2.68. The van der Waals surface area contributed by atoms with E-state index in [1.807, 2.05) is 0 Å². The lowest BCUT2D eigenvalue weighted by atomic mass is 10.2. The van der Waals surface area contributed by atoms with Crippen molar-refractivity contribution in [2.24, 2.45) is 0 Å². The molecule has 2 aromatic carbocycles. The van der Waals surface area contributed by atoms with Crippen LogP contribution in [0.25, 0.3) is 0 Å². The summed E-state index contributed by atoms with van der Waals surface area (Å²) in [6.07, 6.45) is 0. The van der Waals surface area contributed by atoms with Crippen LogP contribution >= 0.6 is 0 Å². The largest absolute Gasteiger partial charge is 0.507 e. The van der Waals surface area contributed by atoms with E-state index in [-0.39, 0.29) is 18.1 Å². The molecular weight excluding hydrogens is 248 g/mol. The molecule has 1 N–H and O–H groups in total. The first kappa shape index (κ1) is 11.4. The number of carbonyl (C=O) groups is 1. The van der Waals surface area contributed by atoms with Crippen LogP contribution in [0.3, 0.4) is 0 Å². The van der Waals surface area contributed by atoms with Crippen LogP contribution in [0.5, 0.6) is 23.0 Å². The monoisotopic (exact) mass is 258 g/mol. The lowest BCUT2D eigenvalue weighted by molar-refractivity contribution is 0.0731. The highest BCUT2D eigenvalue weighted by Gasteiger charge is 2.17. The van der Waals surface area contributed by atoms with Crippen molar-refractivity contribution in [3.8, 4) is 23.0 Å². The summed E-state index contributed by atoms with van der Waals surface area (Å²) in [5.41, 5.74) is 0.111. The maximum absolute atomic E-state index is 11.9. The zero-order valence-electron chi connectivity index (χ0n) is 9.83. The Hall–Kier alpha value is -2.69. The van der Waals surface area contributed by atoms with Gasteiger partial charge in [0.05, 0.1) is 0 Å². The van der Waals surface area contributed by atoms with Gasteiger partial charge in [-0.2, -0.15) is 0 Å². The fraction of sp³-hybridized carbons (Fsp3) is 0.0714. The van der Waals surface area contributed by atoms with Gasteiger partial charge in [0.2, 0.25) is 6.79 Å². The summed E-state index contributed by atoms with van der Waals surface area (Å²) in [4.78, 5) is 11.9. The highest BCUT2D eigenvalue weighted by Crippen LogP contribution is 2.35. The normalized spacial score (nSPS) is 12.2. The topological polar surface area (TPSA) is 65.0 Å². The zero-order chi connectivity index (χ0) is 13.2. The van der Waals surface area contributed by atoms with Gasteiger partial charge in [-0.3, -0.25) is 0 Å². The van der Waals surface area contributed by atoms with E-state index in [0.717, 1.165) is 0 Å². The van der Waals surface area contributed by atoms with Gasteiger partial charge in [-0.25, -0.2) is 4.79 Å². The second-order valence-electron chi connectivity index (χ2n) is 3.92. The number of phenolic OH excluding ortho intramolecular Hbond substituents is 1. The first-order valence-corrected chi connectivity index (χ1v) is 5.64. The number of ether oxygens (including phenoxy) is 3. The molecule has 0 bridgehead atoms. The van der Waals surface area contributed by atoms with Gasteiger partial charge in [-0.1, -0.05) is 12.1 Å². The van der Waals surface area contributed by atoms with Crippen LogP contribution in [-0.2, 0) is 0 Å². The molecule has 0 amide bonds. The van der Waals surface area contributed by atoms with Crippen molar-refractivity contribution in [1.82, 2.24) is 0 Å². The predicted molar refractivity (Wildman–Crippen MR) is 65.6 cm³/mol. The van der Waals surface area contributed by atoms with E-state index in [0.29, 0.717) is 17.2 Å². The first-order valence-electron chi connectivity index (χ1n) is 5.64. The molecule has 0 unspecified atom stereocenters. The Morgan fingerprint density at radius 3 is 2.74 bits per heavy atom. The standard InChI is InChI=1S/C14H10O5/c15-11-4-2-1-3-10(11)14(16)19-9-5-6-12-13(7-9)18-8-17-12/h1-7,15H,8H2. The Labute approximate surface area is 109 Å². The Kier molecular flexibility index (Phi) is 2.72. The van der Waals surface area contributed by atoms with E-state index in [9.17, 15) is 9.90 Å². The van der Waals surface area contributed by atoms with Gasteiger partial charge in [0.15, 0.2) is 11.5 Å². The molecule has 96 valence electrons. The smallest absolute Gasteiger partial charge is 0.347 e. The predicted octanol–water partition coefficient (Wildman–Crippen LogP) is 2.34. The van der Waals surface area contributed by atoms with Crippen molar-refractivity contribution in [2.45, 2.75) is 0 Å². The van der Waals surface area contributed by atoms with Crippen molar-refractivity contribution in [3.63, 3.8) is 0 Å². The Balaban J connectivity index is 1.82. The summed E-state index contributed by atoms with van der Waals surface area (Å²) < 4.78 is 15.5. The summed E-state index contributed by atoms with van der Waals surface area (Å²) in [5.74, 6) is 0.729. The van der Waals surface area contributed by atoms with Crippen LogP contribution in [0.1, 0.15) is 10.4 Å². The summed E-state index contributed by atoms with van der Waals surface area (Å²) in [7, 11) is 0. The minimum atomic E-state index is -0.628. The van der Waals surface area contributed by atoms with Gasteiger partial charge in [0, 0.05) is 6.07 Å². The van der Waals surface area contributed by atoms with Gasteiger partial charge in [-0.05, 0) is 24.3 Å². The fourth-order valence-corrected chi connectivity index (χ4v) is 1.75. The van der Waals surface area contributed by atoms with E-state index in [4.69, 9.17) is 14.2 Å². The molecule has 5 nitrogen and oxygen atoms in total. The maximum atomic E-state index is 11.9. The van der Waals surface area contributed by atoms with Gasteiger partial charge in [0.25, 0.3) is 0 Å². The number of rotatable bonds is 2. The summed E-state index contributed by atoms with van der Waals surface area (Å²) in [6.45, 7) is 0.159. The van der Waals surface area contributed by atoms with E-state index in [2.05, 4.69) is 0 Å². The Bertz CT molecular complexity index is 635. The number of hydrogen-bond donors (Lipinski definition) is 1. The zero-order valence-corrected chi connectivity index (χ0v) is 9.83. The molecule has 1 aliphatic heterocycles. The first-order chi connectivity index (χ1) is 9.24. The lowest BCUT2D eigenvalue weighted by Crippen LogP contribution is -2.08. The molecule has 2 aromatic rings. The van der Waals surface area contributed by atoms with Gasteiger partial charge in [-0.15, -0.1) is 0 Å². The van der Waals surface area contributed by atoms with E-state index in [1.54, 1.807) is 30.3 Å². The molecule has 5 heteroatoms. The van der Waals surface area contributed by atoms with Crippen molar-refractivity contribution >= 4 is 5.97 Å². The molecule has 0 saturated heterocycles. The number of carbonyl (C=O) groups excluding carboxylic acids is 1. The van der Waals surface area contributed by atoms with Gasteiger partial charge >= 0.3 is 5.97 Å². The molecule has 1 aliphatic rings. The van der Waals surface area contributed by atoms with Crippen molar-refractivity contribution in [1.29, 1.82) is 0 Å². The number of fused-ring (bicyclic) bond motifs is 1. The number of phenols is 1. The molecule has 3 rings (SSSR count). The molecular formula is C14H10O5. The summed E-state index contributed by atoms with van der Waals surface area (Å²) >= 11 is 0. The SMILES string of the molecule is O=C(Oc1ccc2c(c1)OCO2)c1ccccc1O. The van der Waals surface area contributed by atoms with E-state index < -0.39 is 5.97 Å². The van der Waals surface area contributed by atoms with Crippen LogP contribution in [0, 0.1) is 0 Å². The fourth-order valence-electron chi connectivity index (χ4n) is 1.75. The number of benzene rings is 2. The van der Waals surface area contributed by atoms with Crippen LogP contribution in [0.2, 0.25) is 0 Å². The van der Waals surface area contributed by atoms with Gasteiger partial charge in [0.1, 0.15) is 17.1 Å². The molecule has 0 aliphatic carbocycles. The second-order valence-corrected chi connectivity index (χ2v) is 3.92. The van der Waals surface area contributed by atoms with E-state index >= 15 is 0 Å². The Morgan fingerprint density at radius 1 is 1.11 bits per heavy atom. The van der Waals surface area contributed by atoms with Crippen LogP contribution in [0.4, 0.5) is 0 Å². The van der Waals surface area contributed by atoms with Crippen LogP contribution in [0.15, 0.2) is 42.5 Å². The van der Waals surface area contributed by atoms with E-state index in [1.165, 1.54) is 12.1 Å². The van der Waals surface area contributed by atoms with Crippen molar-refractivity contribution < 1.29 is 24.1 Å². The molecule has 0 saturated carbocycles. The molecule has 0 spiro atoms. The van der Waals surface area contributed by atoms with Crippen LogP contribution < -0.4 is 14.2 Å². The molecule has 0 atom stereocenters. The molecule has 19 heavy (non-hydrogen) atoms. The maximum Gasteiger partial charge on any atom is 0.347 e. The number of esters is 1. The minimum Gasteiger partial charge on any atom is -0.507 e. The van der Waals surface area contributed by atoms with Gasteiger partial charge < -0.3 is 19.3 Å². The van der Waals surface area contributed by atoms with Crippen molar-refractivity contribution in [3.05, 3.63) is 48.0 Å². The highest BCUT2D eigenvalue weighted by atomic mass is 16.7. The minimum absolute atomic E-state index is 0.111. The Morgan fingerprint density at radius 2 is 1.89 bits per heavy atom. The molecule has 0 fully saturated rings. The third-order valence-corrected chi connectivity index (χ3v) is 2.68. The average molecular weight is 258 g/mol. The second kappa shape index (κ2) is 4.53. The lowest BCUT2D eigenvalue weighted by Gasteiger charge is -2.06. The summed E-state index contributed by atoms with van der Waals surface area (Å²) in [6, 6.07) is 11.0. The molecule has 1 heterocycles. The number of para-hydroxylation sites is 1.